The summed E-state index contributed by atoms with van der Waals surface area (Å²) in [4.78, 5) is 2.81. The van der Waals surface area contributed by atoms with Gasteiger partial charge in [-0.2, -0.15) is 0 Å². The van der Waals surface area contributed by atoms with E-state index in [1.54, 1.807) is 0 Å². The predicted molar refractivity (Wildman–Crippen MR) is 83.1 cm³/mol. The van der Waals surface area contributed by atoms with Gasteiger partial charge in [-0.3, -0.25) is 4.90 Å². The van der Waals surface area contributed by atoms with Gasteiger partial charge in [-0.15, -0.1) is 0 Å². The number of likely N-dealkylation sites (tertiary alicyclic amines) is 1. The van der Waals surface area contributed by atoms with Gasteiger partial charge < -0.3 is 5.73 Å². The van der Waals surface area contributed by atoms with Crippen molar-refractivity contribution in [3.05, 3.63) is 0 Å². The van der Waals surface area contributed by atoms with Crippen molar-refractivity contribution in [2.45, 2.75) is 78.3 Å². The maximum absolute atomic E-state index is 6.32. The van der Waals surface area contributed by atoms with Crippen molar-refractivity contribution < 1.29 is 0 Å². The molecule has 0 aromatic carbocycles. The molecule has 112 valence electrons. The van der Waals surface area contributed by atoms with E-state index in [2.05, 4.69) is 39.5 Å². The molecular weight excluding hydrogens is 232 g/mol. The molecule has 19 heavy (non-hydrogen) atoms. The van der Waals surface area contributed by atoms with Crippen molar-refractivity contribution in [2.75, 3.05) is 13.1 Å². The lowest BCUT2D eigenvalue weighted by molar-refractivity contribution is -0.0281. The van der Waals surface area contributed by atoms with E-state index in [0.29, 0.717) is 5.41 Å². The molecule has 3 unspecified atom stereocenters. The van der Waals surface area contributed by atoms with Crippen molar-refractivity contribution in [3.63, 3.8) is 0 Å². The Bertz CT molecular complexity index is 310. The van der Waals surface area contributed by atoms with E-state index in [9.17, 15) is 0 Å². The van der Waals surface area contributed by atoms with Crippen LogP contribution in [0.3, 0.4) is 0 Å². The Balaban J connectivity index is 2.26. The summed E-state index contributed by atoms with van der Waals surface area (Å²) in [6.45, 7) is 14.2. The van der Waals surface area contributed by atoms with Crippen LogP contribution in [0.4, 0.5) is 0 Å². The number of nitrogens with two attached hydrogens (primary N) is 1. The molecule has 0 bridgehead atoms. The number of rotatable bonds is 3. The largest absolute Gasteiger partial charge is 0.329 e. The molecule has 1 saturated carbocycles. The van der Waals surface area contributed by atoms with Crippen LogP contribution in [-0.4, -0.2) is 29.6 Å². The van der Waals surface area contributed by atoms with E-state index < -0.39 is 0 Å². The molecule has 2 fully saturated rings. The molecule has 1 aliphatic carbocycles. The minimum atomic E-state index is 0.270. The molecule has 1 aliphatic heterocycles. The van der Waals surface area contributed by atoms with E-state index in [4.69, 9.17) is 5.73 Å². The summed E-state index contributed by atoms with van der Waals surface area (Å²) in [5.41, 5.74) is 7.04. The van der Waals surface area contributed by atoms with Crippen molar-refractivity contribution >= 4 is 0 Å². The van der Waals surface area contributed by atoms with Gasteiger partial charge in [-0.1, -0.05) is 34.6 Å². The highest BCUT2D eigenvalue weighted by Crippen LogP contribution is 2.48. The Morgan fingerprint density at radius 2 is 1.95 bits per heavy atom. The van der Waals surface area contributed by atoms with Crippen molar-refractivity contribution in [2.24, 2.45) is 23.0 Å². The van der Waals surface area contributed by atoms with Gasteiger partial charge in [0.25, 0.3) is 0 Å². The first kappa shape index (κ1) is 15.3. The van der Waals surface area contributed by atoms with Crippen LogP contribution in [0.15, 0.2) is 0 Å². The van der Waals surface area contributed by atoms with Gasteiger partial charge in [-0.25, -0.2) is 0 Å². The summed E-state index contributed by atoms with van der Waals surface area (Å²) in [6, 6.07) is 0.754. The van der Waals surface area contributed by atoms with Crippen molar-refractivity contribution in [3.8, 4) is 0 Å². The Kier molecular flexibility index (Phi) is 4.32. The lowest BCUT2D eigenvalue weighted by atomic mass is 9.63. The van der Waals surface area contributed by atoms with E-state index >= 15 is 0 Å². The maximum Gasteiger partial charge on any atom is 0.0342 e. The van der Waals surface area contributed by atoms with Crippen LogP contribution in [0, 0.1) is 17.3 Å². The molecule has 0 radical (unpaired) electrons. The van der Waals surface area contributed by atoms with Crippen LogP contribution >= 0.6 is 0 Å². The molecule has 0 aromatic heterocycles. The summed E-state index contributed by atoms with van der Waals surface area (Å²) in [6.07, 6.45) is 6.67. The molecule has 1 heterocycles. The summed E-state index contributed by atoms with van der Waals surface area (Å²) in [5, 5.41) is 0. The first-order valence-electron chi connectivity index (χ1n) is 8.26. The topological polar surface area (TPSA) is 29.3 Å². The van der Waals surface area contributed by atoms with Crippen LogP contribution in [0.2, 0.25) is 0 Å². The second kappa shape index (κ2) is 5.37. The number of hydrogen-bond donors (Lipinski definition) is 1. The highest BCUT2D eigenvalue weighted by Gasteiger charge is 2.49. The summed E-state index contributed by atoms with van der Waals surface area (Å²) in [7, 11) is 0. The lowest BCUT2D eigenvalue weighted by Crippen LogP contribution is -2.61. The third-order valence-corrected chi connectivity index (χ3v) is 5.50. The van der Waals surface area contributed by atoms with Crippen LogP contribution < -0.4 is 5.73 Å². The van der Waals surface area contributed by atoms with Crippen molar-refractivity contribution in [1.82, 2.24) is 4.90 Å². The summed E-state index contributed by atoms with van der Waals surface area (Å²) in [5.74, 6) is 1.56. The fourth-order valence-corrected chi connectivity index (χ4v) is 5.27. The zero-order valence-electron chi connectivity index (χ0n) is 13.7. The first-order chi connectivity index (χ1) is 8.80. The smallest absolute Gasteiger partial charge is 0.0342 e. The van der Waals surface area contributed by atoms with Crippen LogP contribution in [0.1, 0.15) is 66.7 Å². The van der Waals surface area contributed by atoms with Gasteiger partial charge in [0.15, 0.2) is 0 Å². The Labute approximate surface area is 120 Å². The molecule has 0 spiro atoms. The van der Waals surface area contributed by atoms with Gasteiger partial charge in [0.05, 0.1) is 0 Å². The van der Waals surface area contributed by atoms with Gasteiger partial charge in [-0.05, 0) is 55.9 Å². The third-order valence-electron chi connectivity index (χ3n) is 5.50. The molecule has 1 saturated heterocycles. The van der Waals surface area contributed by atoms with Crippen LogP contribution in [-0.2, 0) is 0 Å². The second-order valence-corrected chi connectivity index (χ2v) is 8.43. The average molecular weight is 266 g/mol. The van der Waals surface area contributed by atoms with E-state index in [1.165, 1.54) is 38.6 Å². The van der Waals surface area contributed by atoms with Gasteiger partial charge in [0, 0.05) is 18.1 Å². The zero-order valence-corrected chi connectivity index (χ0v) is 13.7. The molecule has 0 aromatic rings. The lowest BCUT2D eigenvalue weighted by Gasteiger charge is -2.54. The highest BCUT2D eigenvalue weighted by atomic mass is 15.3. The monoisotopic (exact) mass is 266 g/mol. The molecule has 0 amide bonds. The molecular formula is C17H34N2. The number of nitrogens with zero attached hydrogens (tertiary/aromatic N) is 1. The van der Waals surface area contributed by atoms with Crippen LogP contribution in [0.25, 0.3) is 0 Å². The molecule has 2 rings (SSSR count). The maximum atomic E-state index is 6.32. The Hall–Kier alpha value is -0.0800. The standard InChI is InChI=1S/C17H34N2/c1-13(2)15-7-6-8-19(15)17(12-18)10-14(3)9-16(4,5)11-17/h13-15H,6-12,18H2,1-5H3. The number of hydrogen-bond acceptors (Lipinski definition) is 2. The van der Waals surface area contributed by atoms with Gasteiger partial charge >= 0.3 is 0 Å². The second-order valence-electron chi connectivity index (χ2n) is 8.43. The first-order valence-corrected chi connectivity index (χ1v) is 8.26. The molecule has 2 aliphatic rings. The minimum absolute atomic E-state index is 0.270. The van der Waals surface area contributed by atoms with Gasteiger partial charge in [0.2, 0.25) is 0 Å². The fraction of sp³-hybridized carbons (Fsp3) is 1.00. The molecule has 3 atom stereocenters. The normalized spacial score (nSPS) is 39.9. The van der Waals surface area contributed by atoms with E-state index in [-0.39, 0.29) is 5.54 Å². The van der Waals surface area contributed by atoms with Crippen molar-refractivity contribution in [1.29, 1.82) is 0 Å². The molecule has 2 heteroatoms. The summed E-state index contributed by atoms with van der Waals surface area (Å²) < 4.78 is 0. The van der Waals surface area contributed by atoms with E-state index in [0.717, 1.165) is 24.4 Å². The predicted octanol–water partition coefficient (Wildman–Crippen LogP) is 3.65. The fourth-order valence-electron chi connectivity index (χ4n) is 5.27. The van der Waals surface area contributed by atoms with E-state index in [1.807, 2.05) is 0 Å². The quantitative estimate of drug-likeness (QED) is 0.845. The Morgan fingerprint density at radius 3 is 2.47 bits per heavy atom. The molecule has 2 N–H and O–H groups in total. The zero-order chi connectivity index (χ0) is 14.3. The Morgan fingerprint density at radius 1 is 1.26 bits per heavy atom. The van der Waals surface area contributed by atoms with Crippen LogP contribution in [0.5, 0.6) is 0 Å². The SMILES string of the molecule is CC1CC(C)(C)CC(CN)(N2CCCC2C(C)C)C1. The summed E-state index contributed by atoms with van der Waals surface area (Å²) >= 11 is 0. The average Bonchev–Trinajstić information content (AvgIpc) is 2.75. The third kappa shape index (κ3) is 3.00. The minimum Gasteiger partial charge on any atom is -0.329 e. The van der Waals surface area contributed by atoms with Gasteiger partial charge in [0.1, 0.15) is 0 Å². The molecule has 2 nitrogen and oxygen atoms in total. The highest BCUT2D eigenvalue weighted by molar-refractivity contribution is 5.04.